The monoisotopic (exact) mass is 208 g/mol. The second-order valence-corrected chi connectivity index (χ2v) is 3.48. The van der Waals surface area contributed by atoms with Crippen LogP contribution in [0.4, 0.5) is 0 Å². The predicted octanol–water partition coefficient (Wildman–Crippen LogP) is 0.183. The minimum Gasteiger partial charge on any atom is -0.392 e. The Morgan fingerprint density at radius 3 is 2.60 bits per heavy atom. The zero-order valence-corrected chi connectivity index (χ0v) is 8.68. The molecule has 0 radical (unpaired) electrons. The van der Waals surface area contributed by atoms with Crippen LogP contribution in [-0.2, 0) is 4.79 Å². The van der Waals surface area contributed by atoms with E-state index in [0.717, 1.165) is 5.56 Å². The molecule has 0 bridgehead atoms. The summed E-state index contributed by atoms with van der Waals surface area (Å²) in [5, 5.41) is 11.6. The molecule has 0 saturated heterocycles. The second kappa shape index (κ2) is 5.48. The summed E-state index contributed by atoms with van der Waals surface area (Å²) in [4.78, 5) is 11.5. The lowest BCUT2D eigenvalue weighted by Crippen LogP contribution is -2.37. The van der Waals surface area contributed by atoms with Gasteiger partial charge in [0.05, 0.1) is 6.10 Å². The number of amides is 1. The molecule has 1 aromatic carbocycles. The largest absolute Gasteiger partial charge is 0.392 e. The van der Waals surface area contributed by atoms with Crippen molar-refractivity contribution in [2.45, 2.75) is 19.1 Å². The summed E-state index contributed by atoms with van der Waals surface area (Å²) in [5.74, 6) is -0.276. The first-order valence-corrected chi connectivity index (χ1v) is 4.87. The smallest absolute Gasteiger partial charge is 0.241 e. The van der Waals surface area contributed by atoms with Crippen LogP contribution in [0.5, 0.6) is 0 Å². The van der Waals surface area contributed by atoms with Gasteiger partial charge in [-0.1, -0.05) is 30.3 Å². The van der Waals surface area contributed by atoms with Crippen molar-refractivity contribution in [2.75, 3.05) is 6.54 Å². The van der Waals surface area contributed by atoms with Crippen molar-refractivity contribution in [3.05, 3.63) is 35.9 Å². The summed E-state index contributed by atoms with van der Waals surface area (Å²) in [6, 6.07) is 8.45. The Balaban J connectivity index is 2.54. The molecule has 4 nitrogen and oxygen atoms in total. The van der Waals surface area contributed by atoms with E-state index in [0.29, 0.717) is 0 Å². The second-order valence-electron chi connectivity index (χ2n) is 3.48. The van der Waals surface area contributed by atoms with Crippen molar-refractivity contribution in [1.82, 2.24) is 5.32 Å². The van der Waals surface area contributed by atoms with Gasteiger partial charge in [-0.25, -0.2) is 0 Å². The molecule has 0 heterocycles. The minimum atomic E-state index is -0.676. The maximum atomic E-state index is 11.5. The Labute approximate surface area is 89.1 Å². The molecule has 1 aromatic rings. The Morgan fingerprint density at radius 1 is 1.47 bits per heavy atom. The number of benzene rings is 1. The molecule has 1 unspecified atom stereocenters. The molecular weight excluding hydrogens is 192 g/mol. The maximum absolute atomic E-state index is 11.5. The van der Waals surface area contributed by atoms with Gasteiger partial charge in [0.2, 0.25) is 5.91 Å². The molecule has 82 valence electrons. The first-order valence-electron chi connectivity index (χ1n) is 4.87. The average molecular weight is 208 g/mol. The number of nitrogens with one attached hydrogen (secondary N) is 1. The Hall–Kier alpha value is -1.39. The number of aliphatic hydroxyl groups is 1. The first kappa shape index (κ1) is 11.7. The van der Waals surface area contributed by atoms with Gasteiger partial charge < -0.3 is 16.2 Å². The van der Waals surface area contributed by atoms with Crippen LogP contribution in [0.15, 0.2) is 30.3 Å². The van der Waals surface area contributed by atoms with Gasteiger partial charge >= 0.3 is 0 Å². The van der Waals surface area contributed by atoms with E-state index in [4.69, 9.17) is 10.8 Å². The van der Waals surface area contributed by atoms with Crippen molar-refractivity contribution in [3.63, 3.8) is 0 Å². The van der Waals surface area contributed by atoms with Gasteiger partial charge in [0.15, 0.2) is 0 Å². The zero-order chi connectivity index (χ0) is 11.3. The van der Waals surface area contributed by atoms with Crippen molar-refractivity contribution >= 4 is 5.91 Å². The fraction of sp³-hybridized carbons (Fsp3) is 0.364. The summed E-state index contributed by atoms with van der Waals surface area (Å²) in [6.45, 7) is 1.83. The third-order valence-corrected chi connectivity index (χ3v) is 2.01. The SMILES string of the molecule is C[C@@H](O)CNC(=O)C(N)c1ccccc1. The number of carbonyl (C=O) groups is 1. The van der Waals surface area contributed by atoms with E-state index >= 15 is 0 Å². The van der Waals surface area contributed by atoms with Crippen molar-refractivity contribution in [1.29, 1.82) is 0 Å². The third-order valence-electron chi connectivity index (χ3n) is 2.01. The fourth-order valence-electron chi connectivity index (χ4n) is 1.17. The van der Waals surface area contributed by atoms with Crippen LogP contribution in [0, 0.1) is 0 Å². The van der Waals surface area contributed by atoms with E-state index in [1.165, 1.54) is 0 Å². The number of hydrogen-bond donors (Lipinski definition) is 3. The number of nitrogens with two attached hydrogens (primary N) is 1. The van der Waals surface area contributed by atoms with Crippen LogP contribution in [0.2, 0.25) is 0 Å². The van der Waals surface area contributed by atoms with Crippen LogP contribution >= 0.6 is 0 Å². The van der Waals surface area contributed by atoms with Gasteiger partial charge in [-0.3, -0.25) is 4.79 Å². The standard InChI is InChI=1S/C11H16N2O2/c1-8(14)7-13-11(15)10(12)9-5-3-2-4-6-9/h2-6,8,10,14H,7,12H2,1H3,(H,13,15)/t8-,10?/m1/s1. The highest BCUT2D eigenvalue weighted by atomic mass is 16.3. The molecule has 0 spiro atoms. The molecule has 0 aromatic heterocycles. The molecule has 1 rings (SSSR count). The topological polar surface area (TPSA) is 75.3 Å². The molecule has 2 atom stereocenters. The number of aliphatic hydroxyl groups excluding tert-OH is 1. The molecule has 0 aliphatic rings. The predicted molar refractivity (Wildman–Crippen MR) is 58.1 cm³/mol. The molecule has 0 fully saturated rings. The van der Waals surface area contributed by atoms with Crippen LogP contribution in [0.25, 0.3) is 0 Å². The molecule has 0 aliphatic heterocycles. The van der Waals surface area contributed by atoms with Crippen LogP contribution in [-0.4, -0.2) is 23.7 Å². The Kier molecular flexibility index (Phi) is 4.27. The van der Waals surface area contributed by atoms with E-state index in [9.17, 15) is 4.79 Å². The fourth-order valence-corrected chi connectivity index (χ4v) is 1.17. The summed E-state index contributed by atoms with van der Waals surface area (Å²) in [5.41, 5.74) is 6.50. The molecule has 4 N–H and O–H groups in total. The lowest BCUT2D eigenvalue weighted by molar-refractivity contribution is -0.122. The molecule has 15 heavy (non-hydrogen) atoms. The molecule has 1 amide bonds. The normalized spacial score (nSPS) is 14.3. The van der Waals surface area contributed by atoms with Gasteiger partial charge in [0.1, 0.15) is 6.04 Å². The highest BCUT2D eigenvalue weighted by molar-refractivity contribution is 5.82. The number of rotatable bonds is 4. The van der Waals surface area contributed by atoms with Crippen LogP contribution in [0.3, 0.4) is 0 Å². The lowest BCUT2D eigenvalue weighted by Gasteiger charge is -2.13. The lowest BCUT2D eigenvalue weighted by atomic mass is 10.1. The number of carbonyl (C=O) groups excluding carboxylic acids is 1. The van der Waals surface area contributed by atoms with Crippen molar-refractivity contribution in [3.8, 4) is 0 Å². The van der Waals surface area contributed by atoms with E-state index in [1.807, 2.05) is 18.2 Å². The Bertz CT molecular complexity index is 312. The van der Waals surface area contributed by atoms with E-state index in [1.54, 1.807) is 19.1 Å². The maximum Gasteiger partial charge on any atom is 0.241 e. The van der Waals surface area contributed by atoms with Crippen LogP contribution < -0.4 is 11.1 Å². The van der Waals surface area contributed by atoms with Crippen molar-refractivity contribution in [2.24, 2.45) is 5.73 Å². The molecular formula is C11H16N2O2. The van der Waals surface area contributed by atoms with E-state index in [-0.39, 0.29) is 12.5 Å². The summed E-state index contributed by atoms with van der Waals surface area (Å²) in [6.07, 6.45) is -0.558. The van der Waals surface area contributed by atoms with Gasteiger partial charge in [-0.2, -0.15) is 0 Å². The quantitative estimate of drug-likeness (QED) is 0.661. The minimum absolute atomic E-state index is 0.222. The van der Waals surface area contributed by atoms with Crippen LogP contribution in [0.1, 0.15) is 18.5 Å². The molecule has 0 saturated carbocycles. The third kappa shape index (κ3) is 3.69. The van der Waals surface area contributed by atoms with Crippen molar-refractivity contribution < 1.29 is 9.90 Å². The summed E-state index contributed by atoms with van der Waals surface area (Å²) >= 11 is 0. The zero-order valence-electron chi connectivity index (χ0n) is 8.68. The molecule has 0 aliphatic carbocycles. The van der Waals surface area contributed by atoms with E-state index in [2.05, 4.69) is 5.32 Å². The van der Waals surface area contributed by atoms with Gasteiger partial charge in [-0.05, 0) is 12.5 Å². The summed E-state index contributed by atoms with van der Waals surface area (Å²) in [7, 11) is 0. The van der Waals surface area contributed by atoms with Gasteiger partial charge in [0.25, 0.3) is 0 Å². The summed E-state index contributed by atoms with van der Waals surface area (Å²) < 4.78 is 0. The van der Waals surface area contributed by atoms with E-state index < -0.39 is 12.1 Å². The first-order chi connectivity index (χ1) is 7.11. The highest BCUT2D eigenvalue weighted by Crippen LogP contribution is 2.08. The Morgan fingerprint density at radius 2 is 2.07 bits per heavy atom. The number of hydrogen-bond acceptors (Lipinski definition) is 3. The average Bonchev–Trinajstić information content (AvgIpc) is 2.26. The highest BCUT2D eigenvalue weighted by Gasteiger charge is 2.14. The van der Waals surface area contributed by atoms with Gasteiger partial charge in [-0.15, -0.1) is 0 Å². The van der Waals surface area contributed by atoms with Gasteiger partial charge in [0, 0.05) is 6.54 Å². The molecule has 4 heteroatoms.